The summed E-state index contributed by atoms with van der Waals surface area (Å²) in [4.78, 5) is 14.4. The number of hydrogen-bond donors (Lipinski definition) is 2. The summed E-state index contributed by atoms with van der Waals surface area (Å²) in [7, 11) is 0. The molecule has 1 aromatic rings. The van der Waals surface area contributed by atoms with Gasteiger partial charge in [-0.15, -0.1) is 11.3 Å². The molecule has 0 aliphatic heterocycles. The quantitative estimate of drug-likeness (QED) is 0.765. The summed E-state index contributed by atoms with van der Waals surface area (Å²) in [5.74, 6) is -0.305. The predicted octanol–water partition coefficient (Wildman–Crippen LogP) is 2.10. The van der Waals surface area contributed by atoms with Crippen LogP contribution in [0, 0.1) is 0 Å². The average molecular weight is 334 g/mol. The largest absolute Gasteiger partial charge is 0.369 e. The fourth-order valence-corrected chi connectivity index (χ4v) is 3.43. The Labute approximate surface area is 120 Å². The second kappa shape index (κ2) is 7.89. The number of rotatable bonds is 8. The summed E-state index contributed by atoms with van der Waals surface area (Å²) in [6.07, 6.45) is 2.12. The molecule has 1 rings (SSSR count). The van der Waals surface area contributed by atoms with Crippen LogP contribution in [0.2, 0.25) is 0 Å². The van der Waals surface area contributed by atoms with Gasteiger partial charge >= 0.3 is 0 Å². The SMILES string of the molecule is CCCCN(CC(N)=O)C(CN)c1ccc(Br)s1. The Morgan fingerprint density at radius 2 is 2.28 bits per heavy atom. The highest BCUT2D eigenvalue weighted by atomic mass is 79.9. The molecule has 0 aliphatic rings. The van der Waals surface area contributed by atoms with Crippen molar-refractivity contribution in [1.82, 2.24) is 4.90 Å². The molecule has 1 atom stereocenters. The van der Waals surface area contributed by atoms with Crippen LogP contribution in [-0.4, -0.2) is 30.4 Å². The number of amides is 1. The number of unbranched alkanes of at least 4 members (excludes halogenated alkanes) is 1. The molecule has 18 heavy (non-hydrogen) atoms. The van der Waals surface area contributed by atoms with Gasteiger partial charge in [-0.2, -0.15) is 0 Å². The number of thiophene rings is 1. The number of hydrogen-bond acceptors (Lipinski definition) is 4. The van der Waals surface area contributed by atoms with Crippen LogP contribution in [0.25, 0.3) is 0 Å². The second-order valence-corrected chi connectivity index (χ2v) is 6.68. The minimum atomic E-state index is -0.305. The lowest BCUT2D eigenvalue weighted by molar-refractivity contribution is -0.119. The Hall–Kier alpha value is -0.430. The molecule has 1 unspecified atom stereocenters. The Balaban J connectivity index is 2.81. The fourth-order valence-electron chi connectivity index (χ4n) is 1.86. The van der Waals surface area contributed by atoms with Crippen molar-refractivity contribution >= 4 is 33.2 Å². The van der Waals surface area contributed by atoms with Gasteiger partial charge in [0.2, 0.25) is 5.91 Å². The molecule has 6 heteroatoms. The molecule has 4 N–H and O–H groups in total. The van der Waals surface area contributed by atoms with Crippen molar-refractivity contribution in [2.24, 2.45) is 11.5 Å². The molecular weight excluding hydrogens is 314 g/mol. The highest BCUT2D eigenvalue weighted by molar-refractivity contribution is 9.11. The molecule has 0 saturated heterocycles. The monoisotopic (exact) mass is 333 g/mol. The zero-order chi connectivity index (χ0) is 13.5. The Kier molecular flexibility index (Phi) is 6.85. The van der Waals surface area contributed by atoms with Gasteiger partial charge in [-0.05, 0) is 41.0 Å². The molecule has 1 amide bonds. The normalized spacial score (nSPS) is 12.9. The molecule has 0 radical (unpaired) electrons. The van der Waals surface area contributed by atoms with E-state index >= 15 is 0 Å². The number of carbonyl (C=O) groups excluding carboxylic acids is 1. The van der Waals surface area contributed by atoms with E-state index in [4.69, 9.17) is 11.5 Å². The highest BCUT2D eigenvalue weighted by Gasteiger charge is 2.21. The van der Waals surface area contributed by atoms with E-state index in [0.29, 0.717) is 6.54 Å². The van der Waals surface area contributed by atoms with E-state index in [1.165, 1.54) is 4.88 Å². The van der Waals surface area contributed by atoms with E-state index in [0.717, 1.165) is 23.2 Å². The maximum Gasteiger partial charge on any atom is 0.231 e. The first-order chi connectivity index (χ1) is 8.58. The molecule has 1 aromatic heterocycles. The number of primary amides is 1. The van der Waals surface area contributed by atoms with Gasteiger partial charge in [0.1, 0.15) is 0 Å². The van der Waals surface area contributed by atoms with Crippen molar-refractivity contribution < 1.29 is 4.79 Å². The first kappa shape index (κ1) is 15.6. The van der Waals surface area contributed by atoms with Crippen LogP contribution in [0.4, 0.5) is 0 Å². The number of halogens is 1. The van der Waals surface area contributed by atoms with Gasteiger partial charge in [-0.3, -0.25) is 9.69 Å². The van der Waals surface area contributed by atoms with E-state index in [1.807, 2.05) is 12.1 Å². The van der Waals surface area contributed by atoms with Crippen LogP contribution in [0.15, 0.2) is 15.9 Å². The van der Waals surface area contributed by atoms with Crippen LogP contribution in [0.1, 0.15) is 30.7 Å². The van der Waals surface area contributed by atoms with Gasteiger partial charge in [-0.1, -0.05) is 13.3 Å². The Morgan fingerprint density at radius 3 is 2.72 bits per heavy atom. The van der Waals surface area contributed by atoms with Crippen LogP contribution in [0.5, 0.6) is 0 Å². The molecule has 0 bridgehead atoms. The predicted molar refractivity (Wildman–Crippen MR) is 79.5 cm³/mol. The van der Waals surface area contributed by atoms with Crippen molar-refractivity contribution in [3.63, 3.8) is 0 Å². The molecule has 102 valence electrons. The minimum absolute atomic E-state index is 0.0698. The third kappa shape index (κ3) is 4.68. The van der Waals surface area contributed by atoms with Crippen LogP contribution < -0.4 is 11.5 Å². The summed E-state index contributed by atoms with van der Waals surface area (Å²) < 4.78 is 1.07. The fraction of sp³-hybridized carbons (Fsp3) is 0.583. The lowest BCUT2D eigenvalue weighted by Gasteiger charge is -2.29. The lowest BCUT2D eigenvalue weighted by Crippen LogP contribution is -2.40. The van der Waals surface area contributed by atoms with E-state index in [1.54, 1.807) is 11.3 Å². The van der Waals surface area contributed by atoms with Crippen molar-refractivity contribution in [3.8, 4) is 0 Å². The summed E-state index contributed by atoms with van der Waals surface area (Å²) in [5.41, 5.74) is 11.2. The van der Waals surface area contributed by atoms with Crippen LogP contribution in [-0.2, 0) is 4.79 Å². The third-order valence-electron chi connectivity index (χ3n) is 2.74. The van der Waals surface area contributed by atoms with Crippen molar-refractivity contribution in [3.05, 3.63) is 20.8 Å². The maximum absolute atomic E-state index is 11.2. The van der Waals surface area contributed by atoms with Gasteiger partial charge < -0.3 is 11.5 Å². The van der Waals surface area contributed by atoms with Gasteiger partial charge in [0, 0.05) is 11.4 Å². The standard InChI is InChI=1S/C12H20BrN3OS/c1-2-3-6-16(8-12(15)17)9(7-14)10-4-5-11(13)18-10/h4-5,9H,2-3,6-8,14H2,1H3,(H2,15,17). The summed E-state index contributed by atoms with van der Waals surface area (Å²) >= 11 is 5.10. The minimum Gasteiger partial charge on any atom is -0.369 e. The smallest absolute Gasteiger partial charge is 0.231 e. The second-order valence-electron chi connectivity index (χ2n) is 4.18. The van der Waals surface area contributed by atoms with Crippen LogP contribution >= 0.6 is 27.3 Å². The summed E-state index contributed by atoms with van der Waals surface area (Å²) in [6, 6.07) is 4.12. The lowest BCUT2D eigenvalue weighted by atomic mass is 10.2. The summed E-state index contributed by atoms with van der Waals surface area (Å²) in [6.45, 7) is 3.72. The highest BCUT2D eigenvalue weighted by Crippen LogP contribution is 2.30. The molecule has 1 heterocycles. The van der Waals surface area contributed by atoms with Gasteiger partial charge in [0.05, 0.1) is 16.4 Å². The molecular formula is C12H20BrN3OS. The molecule has 0 aliphatic carbocycles. The van der Waals surface area contributed by atoms with Crippen molar-refractivity contribution in [1.29, 1.82) is 0 Å². The number of nitrogens with two attached hydrogens (primary N) is 2. The average Bonchev–Trinajstić information content (AvgIpc) is 2.72. The first-order valence-electron chi connectivity index (χ1n) is 6.06. The van der Waals surface area contributed by atoms with Crippen LogP contribution in [0.3, 0.4) is 0 Å². The van der Waals surface area contributed by atoms with Gasteiger partial charge in [0.15, 0.2) is 0 Å². The number of nitrogens with zero attached hydrogens (tertiary/aromatic N) is 1. The zero-order valence-electron chi connectivity index (χ0n) is 10.6. The molecule has 0 aromatic carbocycles. The first-order valence-corrected chi connectivity index (χ1v) is 7.67. The molecule has 0 spiro atoms. The van der Waals surface area contributed by atoms with E-state index in [9.17, 15) is 4.79 Å². The Morgan fingerprint density at radius 1 is 1.56 bits per heavy atom. The zero-order valence-corrected chi connectivity index (χ0v) is 13.0. The summed E-state index contributed by atoms with van der Waals surface area (Å²) in [5, 5.41) is 0. The topological polar surface area (TPSA) is 72.3 Å². The van der Waals surface area contributed by atoms with Gasteiger partial charge in [0.25, 0.3) is 0 Å². The Bertz CT molecular complexity index is 383. The molecule has 4 nitrogen and oxygen atoms in total. The van der Waals surface area contributed by atoms with E-state index < -0.39 is 0 Å². The van der Waals surface area contributed by atoms with Crippen molar-refractivity contribution in [2.75, 3.05) is 19.6 Å². The molecule has 0 fully saturated rings. The van der Waals surface area contributed by atoms with Gasteiger partial charge in [-0.25, -0.2) is 0 Å². The van der Waals surface area contributed by atoms with E-state index in [2.05, 4.69) is 27.8 Å². The maximum atomic E-state index is 11.2. The van der Waals surface area contributed by atoms with Crippen molar-refractivity contribution in [2.45, 2.75) is 25.8 Å². The van der Waals surface area contributed by atoms with E-state index in [-0.39, 0.29) is 18.5 Å². The molecule has 0 saturated carbocycles. The number of carbonyl (C=O) groups is 1. The third-order valence-corrected chi connectivity index (χ3v) is 4.47.